The molecule has 1 atom stereocenters. The zero-order valence-electron chi connectivity index (χ0n) is 9.16. The highest BCUT2D eigenvalue weighted by Crippen LogP contribution is 2.15. The third-order valence-electron chi connectivity index (χ3n) is 2.67. The normalized spacial score (nSPS) is 22.6. The van der Waals surface area contributed by atoms with Crippen LogP contribution in [0.5, 0.6) is 0 Å². The Labute approximate surface area is 91.4 Å². The van der Waals surface area contributed by atoms with Crippen LogP contribution in [-0.4, -0.2) is 39.3 Å². The van der Waals surface area contributed by atoms with E-state index >= 15 is 0 Å². The third kappa shape index (κ3) is 5.89. The van der Waals surface area contributed by atoms with Crippen LogP contribution in [0.3, 0.4) is 0 Å². The summed E-state index contributed by atoms with van der Waals surface area (Å²) in [4.78, 5) is 11.5. The molecule has 0 aromatic heterocycles. The predicted octanol–water partition coefficient (Wildman–Crippen LogP) is 0.380. The largest absolute Gasteiger partial charge is 0.316 e. The fourth-order valence-corrected chi connectivity index (χ4v) is 2.42. The molecule has 0 aliphatic carbocycles. The molecule has 1 saturated heterocycles. The average Bonchev–Trinajstić information content (AvgIpc) is 2.15. The van der Waals surface area contributed by atoms with E-state index in [9.17, 15) is 13.2 Å². The number of carbonyl (C=O) groups is 1. The topological polar surface area (TPSA) is 63.2 Å². The van der Waals surface area contributed by atoms with Crippen LogP contribution < -0.4 is 5.32 Å². The highest BCUT2D eigenvalue weighted by molar-refractivity contribution is 7.90. The van der Waals surface area contributed by atoms with Crippen LogP contribution >= 0.6 is 0 Å². The molecule has 1 N–H and O–H groups in total. The lowest BCUT2D eigenvalue weighted by Gasteiger charge is -2.21. The van der Waals surface area contributed by atoms with Gasteiger partial charge in [0, 0.05) is 19.1 Å². The number of Topliss-reactive ketones (excluding diaryl/α,β-unsaturated/α-hetero) is 1. The number of piperidine rings is 1. The Balaban J connectivity index is 2.23. The van der Waals surface area contributed by atoms with Gasteiger partial charge in [-0.3, -0.25) is 4.79 Å². The minimum absolute atomic E-state index is 0.00795. The number of nitrogens with one attached hydrogen (secondary N) is 1. The molecular weight excluding hydrogens is 214 g/mol. The molecule has 4 nitrogen and oxygen atoms in total. The molecule has 1 aliphatic rings. The second-order valence-corrected chi connectivity index (χ2v) is 6.59. The van der Waals surface area contributed by atoms with Crippen molar-refractivity contribution in [3.05, 3.63) is 0 Å². The van der Waals surface area contributed by atoms with Crippen LogP contribution in [0.1, 0.15) is 25.7 Å². The summed E-state index contributed by atoms with van der Waals surface area (Å²) in [6, 6.07) is 0. The molecule has 0 bridgehead atoms. The molecule has 1 fully saturated rings. The highest BCUT2D eigenvalue weighted by Gasteiger charge is 2.17. The van der Waals surface area contributed by atoms with E-state index in [1.165, 1.54) is 6.26 Å². The lowest BCUT2D eigenvalue weighted by atomic mass is 9.93. The second-order valence-electron chi connectivity index (χ2n) is 4.34. The zero-order valence-corrected chi connectivity index (χ0v) is 9.98. The lowest BCUT2D eigenvalue weighted by Crippen LogP contribution is -2.31. The van der Waals surface area contributed by atoms with Gasteiger partial charge < -0.3 is 5.32 Å². The van der Waals surface area contributed by atoms with Gasteiger partial charge in [-0.15, -0.1) is 0 Å². The van der Waals surface area contributed by atoms with Crippen molar-refractivity contribution in [1.82, 2.24) is 5.32 Å². The molecule has 0 aromatic carbocycles. The van der Waals surface area contributed by atoms with Crippen LogP contribution in [-0.2, 0) is 14.6 Å². The lowest BCUT2D eigenvalue weighted by molar-refractivity contribution is -0.119. The number of ketones is 1. The molecule has 5 heteroatoms. The Kier molecular flexibility index (Phi) is 4.73. The first-order chi connectivity index (χ1) is 6.97. The average molecular weight is 233 g/mol. The van der Waals surface area contributed by atoms with E-state index in [4.69, 9.17) is 0 Å². The van der Waals surface area contributed by atoms with Crippen molar-refractivity contribution in [3.8, 4) is 0 Å². The molecule has 15 heavy (non-hydrogen) atoms. The van der Waals surface area contributed by atoms with E-state index in [1.807, 2.05) is 0 Å². The van der Waals surface area contributed by atoms with E-state index in [2.05, 4.69) is 5.32 Å². The molecular formula is C10H19NO3S. The fraction of sp³-hybridized carbons (Fsp3) is 0.900. The van der Waals surface area contributed by atoms with Gasteiger partial charge in [-0.2, -0.15) is 0 Å². The first kappa shape index (κ1) is 12.6. The van der Waals surface area contributed by atoms with Gasteiger partial charge in [0.1, 0.15) is 15.6 Å². The summed E-state index contributed by atoms with van der Waals surface area (Å²) in [6.07, 6.45) is 4.07. The maximum absolute atomic E-state index is 11.5. The standard InChI is InChI=1S/C10H19NO3S/c1-15(13,14)6-4-10(12)7-9-3-2-5-11-8-9/h9,11H,2-8H2,1H3. The van der Waals surface area contributed by atoms with Crippen LogP contribution in [0.25, 0.3) is 0 Å². The summed E-state index contributed by atoms with van der Waals surface area (Å²) in [5.41, 5.74) is 0. The Morgan fingerprint density at radius 3 is 2.73 bits per heavy atom. The summed E-state index contributed by atoms with van der Waals surface area (Å²) in [7, 11) is -3.00. The van der Waals surface area contributed by atoms with Crippen molar-refractivity contribution in [3.63, 3.8) is 0 Å². The molecule has 0 spiro atoms. The molecule has 1 aliphatic heterocycles. The molecule has 1 heterocycles. The SMILES string of the molecule is CS(=O)(=O)CCC(=O)CC1CCCNC1. The Hall–Kier alpha value is -0.420. The van der Waals surface area contributed by atoms with Crippen LogP contribution in [0.2, 0.25) is 0 Å². The first-order valence-electron chi connectivity index (χ1n) is 5.37. The number of rotatable bonds is 5. The van der Waals surface area contributed by atoms with Gasteiger partial charge in [-0.25, -0.2) is 8.42 Å². The van der Waals surface area contributed by atoms with Crippen LogP contribution in [0.4, 0.5) is 0 Å². The quantitative estimate of drug-likeness (QED) is 0.745. The van der Waals surface area contributed by atoms with Crippen LogP contribution in [0, 0.1) is 5.92 Å². The van der Waals surface area contributed by atoms with E-state index in [-0.39, 0.29) is 18.0 Å². The molecule has 0 amide bonds. The van der Waals surface area contributed by atoms with Gasteiger partial charge in [0.2, 0.25) is 0 Å². The number of sulfone groups is 1. The Bertz CT molecular complexity index is 305. The summed E-state index contributed by atoms with van der Waals surface area (Å²) < 4.78 is 21.7. The summed E-state index contributed by atoms with van der Waals surface area (Å²) in [5.74, 6) is 0.478. The van der Waals surface area contributed by atoms with Gasteiger partial charge in [0.15, 0.2) is 0 Å². The van der Waals surface area contributed by atoms with E-state index in [0.717, 1.165) is 25.9 Å². The van der Waals surface area contributed by atoms with Gasteiger partial charge in [0.25, 0.3) is 0 Å². The Morgan fingerprint density at radius 2 is 2.20 bits per heavy atom. The van der Waals surface area contributed by atoms with Crippen molar-refractivity contribution in [2.75, 3.05) is 25.1 Å². The van der Waals surface area contributed by atoms with Crippen LogP contribution in [0.15, 0.2) is 0 Å². The summed E-state index contributed by atoms with van der Waals surface area (Å²) in [5, 5.41) is 3.24. The predicted molar refractivity (Wildman–Crippen MR) is 59.5 cm³/mol. The van der Waals surface area contributed by atoms with Gasteiger partial charge >= 0.3 is 0 Å². The third-order valence-corrected chi connectivity index (χ3v) is 3.61. The maximum Gasteiger partial charge on any atom is 0.147 e. The highest BCUT2D eigenvalue weighted by atomic mass is 32.2. The van der Waals surface area contributed by atoms with E-state index in [0.29, 0.717) is 12.3 Å². The minimum atomic E-state index is -3.00. The van der Waals surface area contributed by atoms with Crippen molar-refractivity contribution in [1.29, 1.82) is 0 Å². The first-order valence-corrected chi connectivity index (χ1v) is 7.43. The monoisotopic (exact) mass is 233 g/mol. The number of carbonyl (C=O) groups excluding carboxylic acids is 1. The molecule has 1 rings (SSSR count). The van der Waals surface area contributed by atoms with Crippen molar-refractivity contribution in [2.45, 2.75) is 25.7 Å². The van der Waals surface area contributed by atoms with Gasteiger partial charge in [-0.05, 0) is 31.8 Å². The molecule has 0 aromatic rings. The van der Waals surface area contributed by atoms with Crippen molar-refractivity contribution >= 4 is 15.6 Å². The van der Waals surface area contributed by atoms with E-state index < -0.39 is 9.84 Å². The fourth-order valence-electron chi connectivity index (χ4n) is 1.82. The molecule has 0 radical (unpaired) electrons. The zero-order chi connectivity index (χ0) is 11.3. The number of hydrogen-bond donors (Lipinski definition) is 1. The molecule has 0 saturated carbocycles. The smallest absolute Gasteiger partial charge is 0.147 e. The Morgan fingerprint density at radius 1 is 1.47 bits per heavy atom. The molecule has 1 unspecified atom stereocenters. The summed E-state index contributed by atoms with van der Waals surface area (Å²) >= 11 is 0. The van der Waals surface area contributed by atoms with Crippen molar-refractivity contribution in [2.24, 2.45) is 5.92 Å². The maximum atomic E-state index is 11.5. The minimum Gasteiger partial charge on any atom is -0.316 e. The van der Waals surface area contributed by atoms with E-state index in [1.54, 1.807) is 0 Å². The summed E-state index contributed by atoms with van der Waals surface area (Å²) in [6.45, 7) is 1.93. The number of hydrogen-bond acceptors (Lipinski definition) is 4. The van der Waals surface area contributed by atoms with Gasteiger partial charge in [0.05, 0.1) is 5.75 Å². The molecule has 88 valence electrons. The second kappa shape index (κ2) is 5.61. The van der Waals surface area contributed by atoms with Gasteiger partial charge in [-0.1, -0.05) is 0 Å². The van der Waals surface area contributed by atoms with Crippen molar-refractivity contribution < 1.29 is 13.2 Å².